The largest absolute Gasteiger partial charge is 0.463 e. The Morgan fingerprint density at radius 3 is 2.77 bits per heavy atom. The summed E-state index contributed by atoms with van der Waals surface area (Å²) in [6, 6.07) is 1.27. The number of hydrogen-bond donors (Lipinski definition) is 0. The van der Waals surface area contributed by atoms with Gasteiger partial charge in [-0.3, -0.25) is 0 Å². The van der Waals surface area contributed by atoms with Crippen molar-refractivity contribution in [2.75, 3.05) is 6.61 Å². The standard InChI is InChI=1S/C8H14Br2O2Si/c1-2-7(11)12-5-3-4-6-13-8(9)10/h2,8H,1,3-6,13H2. The van der Waals surface area contributed by atoms with E-state index >= 15 is 0 Å². The first-order chi connectivity index (χ1) is 6.16. The minimum absolute atomic E-state index is 0.0338. The van der Waals surface area contributed by atoms with E-state index in [9.17, 15) is 4.79 Å². The smallest absolute Gasteiger partial charge is 0.330 e. The Morgan fingerprint density at radius 1 is 1.54 bits per heavy atom. The molecule has 0 bridgehead atoms. The average Bonchev–Trinajstić information content (AvgIpc) is 2.10. The molecule has 0 unspecified atom stereocenters. The summed E-state index contributed by atoms with van der Waals surface area (Å²) in [6.07, 6.45) is 3.30. The monoisotopic (exact) mass is 328 g/mol. The van der Waals surface area contributed by atoms with Crippen molar-refractivity contribution in [3.8, 4) is 0 Å². The number of halogens is 2. The van der Waals surface area contributed by atoms with Crippen LogP contribution in [0.3, 0.4) is 0 Å². The molecule has 0 aliphatic rings. The Kier molecular flexibility index (Phi) is 9.23. The first-order valence-corrected chi connectivity index (χ1v) is 7.89. The van der Waals surface area contributed by atoms with Gasteiger partial charge >= 0.3 is 5.97 Å². The Bertz CT molecular complexity index is 162. The molecule has 0 rings (SSSR count). The normalized spacial score (nSPS) is 11.0. The molecule has 2 nitrogen and oxygen atoms in total. The minimum Gasteiger partial charge on any atom is -0.463 e. The Morgan fingerprint density at radius 2 is 2.23 bits per heavy atom. The highest BCUT2D eigenvalue weighted by Gasteiger charge is 1.99. The third kappa shape index (κ3) is 10.3. The van der Waals surface area contributed by atoms with E-state index in [0.717, 1.165) is 12.8 Å². The van der Waals surface area contributed by atoms with Crippen LogP contribution in [0.1, 0.15) is 12.8 Å². The Balaban J connectivity index is 3.08. The molecule has 0 aliphatic heterocycles. The fraction of sp³-hybridized carbons (Fsp3) is 0.625. The van der Waals surface area contributed by atoms with E-state index in [1.807, 2.05) is 0 Å². The molecular formula is C8H14Br2O2Si. The van der Waals surface area contributed by atoms with E-state index < -0.39 is 0 Å². The van der Waals surface area contributed by atoms with E-state index in [1.165, 1.54) is 12.1 Å². The summed E-state index contributed by atoms with van der Waals surface area (Å²) in [6.45, 7) is 3.84. The number of ether oxygens (including phenoxy) is 1. The average molecular weight is 330 g/mol. The van der Waals surface area contributed by atoms with Crippen molar-refractivity contribution in [1.82, 2.24) is 0 Å². The zero-order valence-electron chi connectivity index (χ0n) is 7.47. The van der Waals surface area contributed by atoms with Crippen LogP contribution in [0.15, 0.2) is 12.7 Å². The van der Waals surface area contributed by atoms with E-state index in [4.69, 9.17) is 4.74 Å². The lowest BCUT2D eigenvalue weighted by Gasteiger charge is -2.02. The molecule has 13 heavy (non-hydrogen) atoms. The molecule has 0 fully saturated rings. The molecule has 0 aromatic heterocycles. The van der Waals surface area contributed by atoms with Crippen LogP contribution >= 0.6 is 31.9 Å². The van der Waals surface area contributed by atoms with Crippen LogP contribution in [0, 0.1) is 0 Å². The van der Waals surface area contributed by atoms with Gasteiger partial charge in [-0.05, 0) is 6.42 Å². The molecule has 0 radical (unpaired) electrons. The third-order valence-corrected chi connectivity index (χ3v) is 5.57. The second-order valence-corrected chi connectivity index (χ2v) is 10.5. The molecule has 0 aromatic carbocycles. The van der Waals surface area contributed by atoms with Gasteiger partial charge in [-0.1, -0.05) is 50.9 Å². The van der Waals surface area contributed by atoms with Gasteiger partial charge in [0.05, 0.1) is 9.97 Å². The number of esters is 1. The fourth-order valence-electron chi connectivity index (χ4n) is 0.809. The second-order valence-electron chi connectivity index (χ2n) is 2.61. The maximum atomic E-state index is 10.6. The van der Waals surface area contributed by atoms with Gasteiger partial charge < -0.3 is 4.74 Å². The van der Waals surface area contributed by atoms with E-state index in [-0.39, 0.29) is 15.5 Å². The van der Waals surface area contributed by atoms with Gasteiger partial charge in [0.1, 0.15) is 0 Å². The van der Waals surface area contributed by atoms with Crippen molar-refractivity contribution >= 4 is 47.3 Å². The van der Waals surface area contributed by atoms with Gasteiger partial charge in [0, 0.05) is 15.6 Å². The van der Waals surface area contributed by atoms with Crippen molar-refractivity contribution in [3.63, 3.8) is 0 Å². The quantitative estimate of drug-likeness (QED) is 0.235. The number of carbonyl (C=O) groups excluding carboxylic acids is 1. The third-order valence-electron chi connectivity index (χ3n) is 1.48. The summed E-state index contributed by atoms with van der Waals surface area (Å²) < 4.78 is 5.37. The molecule has 0 atom stereocenters. The highest BCUT2D eigenvalue weighted by atomic mass is 79.9. The second kappa shape index (κ2) is 8.96. The molecule has 0 spiro atoms. The molecule has 0 aliphatic carbocycles. The summed E-state index contributed by atoms with van der Waals surface area (Å²) >= 11 is 6.92. The van der Waals surface area contributed by atoms with Crippen molar-refractivity contribution in [2.45, 2.75) is 22.2 Å². The maximum Gasteiger partial charge on any atom is 0.330 e. The molecule has 0 N–H and O–H groups in total. The predicted molar refractivity (Wildman–Crippen MR) is 65.4 cm³/mol. The summed E-state index contributed by atoms with van der Waals surface area (Å²) in [4.78, 5) is 10.6. The fourth-order valence-corrected chi connectivity index (χ4v) is 3.70. The van der Waals surface area contributed by atoms with Crippen LogP contribution in [0.25, 0.3) is 0 Å². The molecule has 0 heterocycles. The van der Waals surface area contributed by atoms with Crippen molar-refractivity contribution in [2.24, 2.45) is 0 Å². The first kappa shape index (κ1) is 13.4. The molecule has 0 amide bonds. The lowest BCUT2D eigenvalue weighted by Crippen LogP contribution is -2.03. The van der Waals surface area contributed by atoms with E-state index in [0.29, 0.717) is 9.97 Å². The number of carbonyl (C=O) groups is 1. The lowest BCUT2D eigenvalue weighted by atomic mass is 10.4. The number of alkyl halides is 2. The summed E-state index contributed by atoms with van der Waals surface area (Å²) in [7, 11) is -0.0338. The molecule has 0 saturated carbocycles. The molecule has 5 heteroatoms. The molecular weight excluding hydrogens is 316 g/mol. The van der Waals surface area contributed by atoms with Crippen LogP contribution in [0.5, 0.6) is 0 Å². The van der Waals surface area contributed by atoms with E-state index in [1.54, 1.807) is 0 Å². The lowest BCUT2D eigenvalue weighted by molar-refractivity contribution is -0.137. The van der Waals surface area contributed by atoms with Crippen LogP contribution in [-0.4, -0.2) is 25.5 Å². The van der Waals surface area contributed by atoms with Gasteiger partial charge in [0.15, 0.2) is 0 Å². The number of unbranched alkanes of at least 4 members (excludes halogenated alkanes) is 1. The van der Waals surface area contributed by atoms with Gasteiger partial charge in [-0.25, -0.2) is 4.79 Å². The predicted octanol–water partition coefficient (Wildman–Crippen LogP) is 2.16. The van der Waals surface area contributed by atoms with Crippen LogP contribution in [0.2, 0.25) is 6.04 Å². The van der Waals surface area contributed by atoms with E-state index in [2.05, 4.69) is 38.4 Å². The van der Waals surface area contributed by atoms with Crippen LogP contribution in [-0.2, 0) is 9.53 Å². The highest BCUT2D eigenvalue weighted by molar-refractivity contribution is 9.25. The Labute approximate surface area is 98.2 Å². The molecule has 0 saturated heterocycles. The Hall–Kier alpha value is 0.387. The van der Waals surface area contributed by atoms with Crippen LogP contribution in [0.4, 0.5) is 0 Å². The van der Waals surface area contributed by atoms with Crippen molar-refractivity contribution in [3.05, 3.63) is 12.7 Å². The maximum absolute atomic E-state index is 10.6. The minimum atomic E-state index is -0.323. The first-order valence-electron chi connectivity index (χ1n) is 4.24. The zero-order valence-corrected chi connectivity index (χ0v) is 12.1. The summed E-state index contributed by atoms with van der Waals surface area (Å²) in [5.41, 5.74) is 0. The summed E-state index contributed by atoms with van der Waals surface area (Å²) in [5.74, 6) is -0.323. The molecule has 0 aromatic rings. The van der Waals surface area contributed by atoms with Gasteiger partial charge in [0.25, 0.3) is 0 Å². The number of rotatable bonds is 7. The highest BCUT2D eigenvalue weighted by Crippen LogP contribution is 2.09. The zero-order chi connectivity index (χ0) is 10.1. The summed E-state index contributed by atoms with van der Waals surface area (Å²) in [5, 5.41) is 0. The van der Waals surface area contributed by atoms with Crippen molar-refractivity contribution < 1.29 is 9.53 Å². The van der Waals surface area contributed by atoms with Gasteiger partial charge in [-0.2, -0.15) is 0 Å². The number of hydrogen-bond acceptors (Lipinski definition) is 2. The van der Waals surface area contributed by atoms with Gasteiger partial charge in [-0.15, -0.1) is 0 Å². The topological polar surface area (TPSA) is 26.3 Å². The van der Waals surface area contributed by atoms with Crippen molar-refractivity contribution in [1.29, 1.82) is 0 Å². The van der Waals surface area contributed by atoms with Gasteiger partial charge in [0.2, 0.25) is 0 Å². The van der Waals surface area contributed by atoms with Crippen LogP contribution < -0.4 is 0 Å². The SMILES string of the molecule is C=CC(=O)OCCCC[SiH2]C(Br)Br. The molecule has 76 valence electrons.